The highest BCUT2D eigenvalue weighted by molar-refractivity contribution is 7.13. The van der Waals surface area contributed by atoms with Crippen LogP contribution in [0.25, 0.3) is 0 Å². The van der Waals surface area contributed by atoms with Crippen LogP contribution in [0.1, 0.15) is 26.2 Å². The third-order valence-corrected chi connectivity index (χ3v) is 4.26. The van der Waals surface area contributed by atoms with Gasteiger partial charge in [0.05, 0.1) is 17.5 Å². The van der Waals surface area contributed by atoms with Crippen molar-refractivity contribution in [2.24, 2.45) is 0 Å². The fraction of sp³-hybridized carbons (Fsp3) is 0.188. The molecule has 0 fully saturated rings. The number of aryl methyl sites for hydroxylation is 1. The van der Waals surface area contributed by atoms with E-state index in [1.165, 1.54) is 11.3 Å². The van der Waals surface area contributed by atoms with Crippen molar-refractivity contribution in [1.29, 1.82) is 5.26 Å². The molecule has 0 aliphatic heterocycles. The first-order chi connectivity index (χ1) is 11.0. The number of nitrogens with one attached hydrogen (secondary N) is 2. The number of hydrogen-bond acceptors (Lipinski definition) is 4. The maximum absolute atomic E-state index is 11.9. The summed E-state index contributed by atoms with van der Waals surface area (Å²) in [5, 5.41) is 14.8. The van der Waals surface area contributed by atoms with Crippen LogP contribution >= 0.6 is 22.9 Å². The van der Waals surface area contributed by atoms with E-state index >= 15 is 0 Å². The van der Waals surface area contributed by atoms with Gasteiger partial charge in [-0.2, -0.15) is 5.26 Å². The molecule has 2 rings (SSSR count). The zero-order valence-corrected chi connectivity index (χ0v) is 13.9. The quantitative estimate of drug-likeness (QED) is 0.872. The van der Waals surface area contributed by atoms with Crippen molar-refractivity contribution >= 4 is 34.8 Å². The average Bonchev–Trinajstić information content (AvgIpc) is 2.98. The predicted molar refractivity (Wildman–Crippen MR) is 89.3 cm³/mol. The van der Waals surface area contributed by atoms with Crippen molar-refractivity contribution in [3.63, 3.8) is 0 Å². The molecule has 0 aliphatic carbocycles. The number of hydrogen-bond donors (Lipinski definition) is 2. The summed E-state index contributed by atoms with van der Waals surface area (Å²) >= 11 is 7.15. The van der Waals surface area contributed by atoms with E-state index in [-0.39, 0.29) is 12.5 Å². The summed E-state index contributed by atoms with van der Waals surface area (Å²) in [7, 11) is 0. The van der Waals surface area contributed by atoms with Crippen LogP contribution in [-0.4, -0.2) is 18.4 Å². The lowest BCUT2D eigenvalue weighted by Crippen LogP contribution is -2.38. The molecule has 0 saturated carbocycles. The van der Waals surface area contributed by atoms with E-state index in [1.807, 2.05) is 19.1 Å². The molecule has 0 radical (unpaired) electrons. The average molecular weight is 348 g/mol. The van der Waals surface area contributed by atoms with Crippen LogP contribution < -0.4 is 10.6 Å². The van der Waals surface area contributed by atoms with Gasteiger partial charge in [-0.15, -0.1) is 11.3 Å². The number of benzene rings is 1. The van der Waals surface area contributed by atoms with Crippen molar-refractivity contribution in [3.8, 4) is 6.07 Å². The Morgan fingerprint density at radius 3 is 2.52 bits per heavy atom. The van der Waals surface area contributed by atoms with Gasteiger partial charge in [-0.05, 0) is 36.8 Å². The summed E-state index contributed by atoms with van der Waals surface area (Å²) in [6, 6.07) is 11.4. The van der Waals surface area contributed by atoms with Gasteiger partial charge in [0.2, 0.25) is 5.91 Å². The van der Waals surface area contributed by atoms with Crippen molar-refractivity contribution < 1.29 is 9.59 Å². The SMILES string of the molecule is Cc1ccc(C(=O)NCC(=O)NC(C#N)c2ccc(Cl)cc2)s1. The van der Waals surface area contributed by atoms with E-state index in [4.69, 9.17) is 11.6 Å². The summed E-state index contributed by atoms with van der Waals surface area (Å²) in [4.78, 5) is 25.3. The number of nitrogens with zero attached hydrogens (tertiary/aromatic N) is 1. The van der Waals surface area contributed by atoms with Crippen LogP contribution in [0.5, 0.6) is 0 Å². The second-order valence-corrected chi connectivity index (χ2v) is 6.50. The molecule has 0 bridgehead atoms. The van der Waals surface area contributed by atoms with Crippen molar-refractivity contribution in [1.82, 2.24) is 10.6 Å². The number of thiophene rings is 1. The molecule has 2 amide bonds. The van der Waals surface area contributed by atoms with E-state index in [2.05, 4.69) is 10.6 Å². The van der Waals surface area contributed by atoms with Gasteiger partial charge in [0.25, 0.3) is 5.91 Å². The van der Waals surface area contributed by atoms with Gasteiger partial charge >= 0.3 is 0 Å². The Labute approximate surface area is 142 Å². The first kappa shape index (κ1) is 17.0. The minimum Gasteiger partial charge on any atom is -0.342 e. The Morgan fingerprint density at radius 1 is 1.26 bits per heavy atom. The Hall–Kier alpha value is -2.36. The molecule has 1 aromatic carbocycles. The lowest BCUT2D eigenvalue weighted by molar-refractivity contribution is -0.120. The fourth-order valence-corrected chi connectivity index (χ4v) is 2.77. The lowest BCUT2D eigenvalue weighted by Gasteiger charge is -2.12. The highest BCUT2D eigenvalue weighted by Gasteiger charge is 2.15. The van der Waals surface area contributed by atoms with Crippen molar-refractivity contribution in [3.05, 3.63) is 56.7 Å². The van der Waals surface area contributed by atoms with Crippen LogP contribution in [0.3, 0.4) is 0 Å². The smallest absolute Gasteiger partial charge is 0.261 e. The first-order valence-corrected chi connectivity index (χ1v) is 7.98. The Morgan fingerprint density at radius 2 is 1.96 bits per heavy atom. The predicted octanol–water partition coefficient (Wildman–Crippen LogP) is 2.82. The third kappa shape index (κ3) is 4.81. The molecule has 5 nitrogen and oxygen atoms in total. The van der Waals surface area contributed by atoms with Gasteiger partial charge in [0.15, 0.2) is 0 Å². The fourth-order valence-electron chi connectivity index (χ4n) is 1.86. The highest BCUT2D eigenvalue weighted by atomic mass is 35.5. The molecule has 1 atom stereocenters. The van der Waals surface area contributed by atoms with Gasteiger partial charge in [-0.1, -0.05) is 23.7 Å². The number of rotatable bonds is 5. The number of carbonyl (C=O) groups is 2. The molecular formula is C16H14ClN3O2S. The molecule has 1 unspecified atom stereocenters. The Bertz CT molecular complexity index is 749. The van der Waals surface area contributed by atoms with Crippen LogP contribution in [0, 0.1) is 18.3 Å². The van der Waals surface area contributed by atoms with Crippen molar-refractivity contribution in [2.75, 3.05) is 6.54 Å². The number of nitriles is 1. The van der Waals surface area contributed by atoms with Gasteiger partial charge in [0, 0.05) is 9.90 Å². The molecule has 0 aliphatic rings. The first-order valence-electron chi connectivity index (χ1n) is 6.78. The second-order valence-electron chi connectivity index (χ2n) is 4.77. The van der Waals surface area contributed by atoms with Crippen LogP contribution in [0.15, 0.2) is 36.4 Å². The lowest BCUT2D eigenvalue weighted by atomic mass is 10.1. The summed E-state index contributed by atoms with van der Waals surface area (Å²) in [6.45, 7) is 1.71. The van der Waals surface area contributed by atoms with Crippen LogP contribution in [0.4, 0.5) is 0 Å². The molecular weight excluding hydrogens is 334 g/mol. The topological polar surface area (TPSA) is 82.0 Å². The highest BCUT2D eigenvalue weighted by Crippen LogP contribution is 2.16. The molecule has 1 heterocycles. The van der Waals surface area contributed by atoms with E-state index < -0.39 is 11.9 Å². The number of amides is 2. The summed E-state index contributed by atoms with van der Waals surface area (Å²) < 4.78 is 0. The zero-order chi connectivity index (χ0) is 16.8. The third-order valence-electron chi connectivity index (χ3n) is 3.01. The summed E-state index contributed by atoms with van der Waals surface area (Å²) in [6.07, 6.45) is 0. The largest absolute Gasteiger partial charge is 0.342 e. The van der Waals surface area contributed by atoms with E-state index in [0.717, 1.165) is 4.88 Å². The van der Waals surface area contributed by atoms with Gasteiger partial charge in [-0.25, -0.2) is 0 Å². The monoisotopic (exact) mass is 347 g/mol. The zero-order valence-electron chi connectivity index (χ0n) is 12.3. The minimum atomic E-state index is -0.791. The molecule has 0 spiro atoms. The molecule has 1 aromatic heterocycles. The second kappa shape index (κ2) is 7.77. The Balaban J connectivity index is 1.89. The van der Waals surface area contributed by atoms with Crippen LogP contribution in [-0.2, 0) is 4.79 Å². The van der Waals surface area contributed by atoms with Crippen molar-refractivity contribution in [2.45, 2.75) is 13.0 Å². The van der Waals surface area contributed by atoms with E-state index in [1.54, 1.807) is 30.3 Å². The van der Waals surface area contributed by atoms with Crippen LogP contribution in [0.2, 0.25) is 5.02 Å². The number of halogens is 1. The molecule has 23 heavy (non-hydrogen) atoms. The molecule has 7 heteroatoms. The summed E-state index contributed by atoms with van der Waals surface area (Å²) in [5.74, 6) is -0.744. The standard InChI is InChI=1S/C16H14ClN3O2S/c1-10-2-7-14(23-10)16(22)19-9-15(21)20-13(8-18)11-3-5-12(17)6-4-11/h2-7,13H,9H2,1H3,(H,19,22)(H,20,21). The minimum absolute atomic E-state index is 0.193. The molecule has 0 saturated heterocycles. The van der Waals surface area contributed by atoms with Gasteiger partial charge in [-0.3, -0.25) is 9.59 Å². The summed E-state index contributed by atoms with van der Waals surface area (Å²) in [5.41, 5.74) is 0.630. The normalized spacial score (nSPS) is 11.3. The van der Waals surface area contributed by atoms with Gasteiger partial charge in [0.1, 0.15) is 6.04 Å². The van der Waals surface area contributed by atoms with Gasteiger partial charge < -0.3 is 10.6 Å². The number of carbonyl (C=O) groups excluding carboxylic acids is 2. The Kier molecular flexibility index (Phi) is 5.74. The van der Waals surface area contributed by atoms with E-state index in [0.29, 0.717) is 15.5 Å². The maximum atomic E-state index is 11.9. The molecule has 2 aromatic rings. The maximum Gasteiger partial charge on any atom is 0.261 e. The molecule has 2 N–H and O–H groups in total. The van der Waals surface area contributed by atoms with E-state index in [9.17, 15) is 14.9 Å². The molecule has 118 valence electrons.